The predicted molar refractivity (Wildman–Crippen MR) is 191 cm³/mol. The van der Waals surface area contributed by atoms with Gasteiger partial charge in [0.1, 0.15) is 24.3 Å². The number of hydrogen-bond acceptors (Lipinski definition) is 10. The summed E-state index contributed by atoms with van der Waals surface area (Å²) in [4.78, 5) is 19.0. The molecule has 0 radical (unpaired) electrons. The second-order valence-corrected chi connectivity index (χ2v) is 11.9. The smallest absolute Gasteiger partial charge is 0.327 e. The number of hydrazone groups is 1. The SMILES string of the molecule is CCC(C)N(C(C)=N)C(=O)Nc1ccc(N2CCN(c3ccc(OC[C@@H]4CO[C@@](CN/N=C\C=N)(c5ccccc5)O4)cc3)CC2)cc1. The monoisotopic (exact) mass is 654 g/mol. The average molecular weight is 655 g/mol. The van der Waals surface area contributed by atoms with E-state index in [0.717, 1.165) is 61.5 Å². The van der Waals surface area contributed by atoms with Gasteiger partial charge in [-0.05, 0) is 68.8 Å². The molecule has 0 aromatic heterocycles. The number of benzene rings is 3. The van der Waals surface area contributed by atoms with Crippen molar-refractivity contribution in [2.24, 2.45) is 5.10 Å². The zero-order valence-electron chi connectivity index (χ0n) is 27.9. The number of carbonyl (C=O) groups is 1. The van der Waals surface area contributed by atoms with Gasteiger partial charge in [0.2, 0.25) is 5.79 Å². The molecule has 3 aromatic carbocycles. The average Bonchev–Trinajstić information content (AvgIpc) is 3.54. The normalized spacial score (nSPS) is 19.9. The quantitative estimate of drug-likeness (QED) is 0.108. The summed E-state index contributed by atoms with van der Waals surface area (Å²) in [5.41, 5.74) is 6.79. The lowest BCUT2D eigenvalue weighted by Gasteiger charge is -2.37. The Bertz CT molecular complexity index is 1530. The van der Waals surface area contributed by atoms with Crippen LogP contribution in [0.4, 0.5) is 21.9 Å². The van der Waals surface area contributed by atoms with Crippen molar-refractivity contribution in [3.05, 3.63) is 84.4 Å². The van der Waals surface area contributed by atoms with E-state index in [2.05, 4.69) is 37.8 Å². The Balaban J connectivity index is 1.09. The molecule has 12 nitrogen and oxygen atoms in total. The van der Waals surface area contributed by atoms with E-state index in [1.165, 1.54) is 11.1 Å². The number of urea groups is 1. The van der Waals surface area contributed by atoms with Crippen LogP contribution in [-0.2, 0) is 15.3 Å². The van der Waals surface area contributed by atoms with E-state index in [0.29, 0.717) is 25.4 Å². The van der Waals surface area contributed by atoms with Crippen molar-refractivity contribution >= 4 is 41.4 Å². The molecular weight excluding hydrogens is 608 g/mol. The van der Waals surface area contributed by atoms with Crippen LogP contribution in [0.15, 0.2) is 84.0 Å². The number of nitrogens with one attached hydrogen (secondary N) is 4. The number of anilines is 3. The van der Waals surface area contributed by atoms with E-state index in [9.17, 15) is 4.79 Å². The zero-order chi connectivity index (χ0) is 33.9. The van der Waals surface area contributed by atoms with Crippen LogP contribution >= 0.6 is 0 Å². The molecule has 2 fully saturated rings. The molecule has 0 saturated carbocycles. The number of amidine groups is 1. The van der Waals surface area contributed by atoms with Crippen LogP contribution < -0.4 is 25.3 Å². The minimum atomic E-state index is -0.992. The largest absolute Gasteiger partial charge is 0.491 e. The topological polar surface area (TPSA) is 139 Å². The highest BCUT2D eigenvalue weighted by atomic mass is 16.8. The van der Waals surface area contributed by atoms with E-state index < -0.39 is 5.79 Å². The number of rotatable bonds is 13. The van der Waals surface area contributed by atoms with Crippen molar-refractivity contribution in [2.45, 2.75) is 45.1 Å². The molecule has 2 amide bonds. The van der Waals surface area contributed by atoms with Gasteiger partial charge >= 0.3 is 6.03 Å². The summed E-state index contributed by atoms with van der Waals surface area (Å²) in [6.07, 6.45) is 2.99. The van der Waals surface area contributed by atoms with Crippen LogP contribution in [0.25, 0.3) is 0 Å². The fourth-order valence-electron chi connectivity index (χ4n) is 5.89. The van der Waals surface area contributed by atoms with E-state index >= 15 is 0 Å². The van der Waals surface area contributed by atoms with E-state index in [1.807, 2.05) is 80.6 Å². The maximum atomic E-state index is 12.8. The molecule has 0 bridgehead atoms. The maximum Gasteiger partial charge on any atom is 0.327 e. The van der Waals surface area contributed by atoms with Crippen molar-refractivity contribution in [1.29, 1.82) is 10.8 Å². The Kier molecular flexibility index (Phi) is 11.6. The minimum absolute atomic E-state index is 0.0432. The first-order valence-electron chi connectivity index (χ1n) is 16.4. The highest BCUT2D eigenvalue weighted by molar-refractivity contribution is 6.14. The number of carbonyl (C=O) groups excluding carboxylic acids is 1. The lowest BCUT2D eigenvalue weighted by atomic mass is 10.1. The standard InChI is InChI=1S/C36H46N8O4/c1-4-27(2)44(28(3)38)35(45)41-30-10-12-31(13-11-30)42-20-22-43(23-21-42)32-14-16-33(17-15-32)46-24-34-25-47-36(48-34,26-40-39-19-18-37)29-8-6-5-7-9-29/h5-19,27,34,37-38,40H,4,20-26H2,1-3H3,(H,41,45)/b37-18?,38-28?,39-19-/t27?,34-,36-/m1/s1. The van der Waals surface area contributed by atoms with Gasteiger partial charge in [0, 0.05) is 61.1 Å². The number of amides is 2. The second kappa shape index (κ2) is 16.2. The summed E-state index contributed by atoms with van der Waals surface area (Å²) in [7, 11) is 0. The Labute approximate surface area is 282 Å². The molecule has 254 valence electrons. The van der Waals surface area contributed by atoms with E-state index in [1.54, 1.807) is 6.92 Å². The highest BCUT2D eigenvalue weighted by Crippen LogP contribution is 2.34. The molecule has 3 atom stereocenters. The fourth-order valence-corrected chi connectivity index (χ4v) is 5.89. The van der Waals surface area contributed by atoms with Gasteiger partial charge < -0.3 is 40.2 Å². The van der Waals surface area contributed by atoms with Crippen molar-refractivity contribution in [2.75, 3.05) is 61.1 Å². The molecule has 0 spiro atoms. The van der Waals surface area contributed by atoms with Gasteiger partial charge in [0.15, 0.2) is 0 Å². The van der Waals surface area contributed by atoms with Crippen molar-refractivity contribution in [3.8, 4) is 5.75 Å². The Hall–Kier alpha value is -4.94. The number of piperazine rings is 1. The van der Waals surface area contributed by atoms with Gasteiger partial charge in [0.25, 0.3) is 0 Å². The summed E-state index contributed by atoms with van der Waals surface area (Å²) in [6.45, 7) is 10.1. The molecule has 2 saturated heterocycles. The van der Waals surface area contributed by atoms with Crippen molar-refractivity contribution in [1.82, 2.24) is 10.3 Å². The Morgan fingerprint density at radius 3 is 2.25 bits per heavy atom. The maximum absolute atomic E-state index is 12.8. The van der Waals surface area contributed by atoms with Crippen LogP contribution in [0.2, 0.25) is 0 Å². The molecule has 2 aliphatic rings. The van der Waals surface area contributed by atoms with Crippen LogP contribution in [0.1, 0.15) is 32.8 Å². The molecular formula is C36H46N8O4. The molecule has 5 rings (SSSR count). The first kappa shape index (κ1) is 34.4. The Morgan fingerprint density at radius 1 is 1.04 bits per heavy atom. The molecule has 3 aromatic rings. The third-order valence-corrected chi connectivity index (χ3v) is 8.64. The second-order valence-electron chi connectivity index (χ2n) is 11.9. The molecule has 2 aliphatic heterocycles. The zero-order valence-corrected chi connectivity index (χ0v) is 27.9. The van der Waals surface area contributed by atoms with Crippen LogP contribution in [0.3, 0.4) is 0 Å². The Morgan fingerprint density at radius 2 is 1.67 bits per heavy atom. The molecule has 48 heavy (non-hydrogen) atoms. The third-order valence-electron chi connectivity index (χ3n) is 8.64. The lowest BCUT2D eigenvalue weighted by Crippen LogP contribution is -2.46. The minimum Gasteiger partial charge on any atom is -0.491 e. The lowest BCUT2D eigenvalue weighted by molar-refractivity contribution is -0.175. The molecule has 1 unspecified atom stereocenters. The van der Waals surface area contributed by atoms with Gasteiger partial charge in [-0.25, -0.2) is 4.79 Å². The summed E-state index contributed by atoms with van der Waals surface area (Å²) in [6, 6.07) is 25.5. The first-order valence-corrected chi connectivity index (χ1v) is 16.4. The fraction of sp³-hybridized carbons (Fsp3) is 0.389. The summed E-state index contributed by atoms with van der Waals surface area (Å²) in [5, 5.41) is 22.0. The third kappa shape index (κ3) is 8.50. The highest BCUT2D eigenvalue weighted by Gasteiger charge is 2.43. The summed E-state index contributed by atoms with van der Waals surface area (Å²) >= 11 is 0. The van der Waals surface area contributed by atoms with Gasteiger partial charge in [0.05, 0.1) is 19.4 Å². The number of ether oxygens (including phenoxy) is 3. The van der Waals surface area contributed by atoms with Gasteiger partial charge in [-0.1, -0.05) is 37.3 Å². The predicted octanol–water partition coefficient (Wildman–Crippen LogP) is 5.51. The van der Waals surface area contributed by atoms with Crippen molar-refractivity contribution in [3.63, 3.8) is 0 Å². The van der Waals surface area contributed by atoms with Crippen LogP contribution in [0.5, 0.6) is 5.75 Å². The first-order chi connectivity index (χ1) is 23.3. The van der Waals surface area contributed by atoms with E-state index in [4.69, 9.17) is 25.0 Å². The summed E-state index contributed by atoms with van der Waals surface area (Å²) in [5.74, 6) is 0.00524. The van der Waals surface area contributed by atoms with Crippen LogP contribution in [-0.4, -0.2) is 87.3 Å². The van der Waals surface area contributed by atoms with Crippen molar-refractivity contribution < 1.29 is 19.0 Å². The van der Waals surface area contributed by atoms with Gasteiger partial charge in [-0.2, -0.15) is 5.10 Å². The molecule has 12 heteroatoms. The molecule has 4 N–H and O–H groups in total. The van der Waals surface area contributed by atoms with Crippen LogP contribution in [0, 0.1) is 10.8 Å². The van der Waals surface area contributed by atoms with E-state index in [-0.39, 0.29) is 24.0 Å². The summed E-state index contributed by atoms with van der Waals surface area (Å²) < 4.78 is 18.6. The molecule has 0 aliphatic carbocycles. The number of nitrogens with zero attached hydrogens (tertiary/aromatic N) is 4. The van der Waals surface area contributed by atoms with Gasteiger partial charge in [-0.3, -0.25) is 10.3 Å². The van der Waals surface area contributed by atoms with Gasteiger partial charge in [-0.15, -0.1) is 0 Å². The number of hydrogen-bond donors (Lipinski definition) is 4. The molecule has 2 heterocycles.